The molecule has 0 radical (unpaired) electrons. The Morgan fingerprint density at radius 2 is 1.59 bits per heavy atom. The van der Waals surface area contributed by atoms with Gasteiger partial charge in [-0.25, -0.2) is 9.96 Å². The van der Waals surface area contributed by atoms with Crippen LogP contribution in [-0.4, -0.2) is 22.8 Å². The Kier molecular flexibility index (Phi) is 5.60. The molecule has 0 aromatic heterocycles. The molecule has 2 amide bonds. The Labute approximate surface area is 220 Å². The van der Waals surface area contributed by atoms with E-state index < -0.39 is 34.8 Å². The molecular formula is C27H17Cl2N3O5. The number of nitrogens with zero attached hydrogens (tertiary/aromatic N) is 3. The first-order valence-corrected chi connectivity index (χ1v) is 12.1. The van der Waals surface area contributed by atoms with E-state index in [1.807, 2.05) is 30.3 Å². The standard InChI is InChI=1S/C27H17Cl2N3O5/c28-17-9-11-21(22(29)13-17)24-23-25(37-31(24)19-6-3-7-20(14-19)32(35)36)27(34)30(26(23)33)18-10-8-15-4-1-2-5-16(15)12-18/h1-14,23-25H/t23-,24-,25+/m0/s1. The first-order valence-electron chi connectivity index (χ1n) is 11.4. The Balaban J connectivity index is 1.45. The third-order valence-corrected chi connectivity index (χ3v) is 7.25. The largest absolute Gasteiger partial charge is 0.273 e. The second-order valence-electron chi connectivity index (χ2n) is 8.81. The molecule has 4 aromatic carbocycles. The molecule has 37 heavy (non-hydrogen) atoms. The van der Waals surface area contributed by atoms with E-state index in [1.165, 1.54) is 23.3 Å². The Hall–Kier alpha value is -3.98. The van der Waals surface area contributed by atoms with Crippen LogP contribution in [0.3, 0.4) is 0 Å². The number of nitro benzene ring substituents is 1. The van der Waals surface area contributed by atoms with Crippen molar-refractivity contribution in [2.24, 2.45) is 5.92 Å². The molecule has 8 nitrogen and oxygen atoms in total. The van der Waals surface area contributed by atoms with Crippen LogP contribution in [0.4, 0.5) is 17.1 Å². The van der Waals surface area contributed by atoms with Crippen molar-refractivity contribution >= 4 is 62.9 Å². The van der Waals surface area contributed by atoms with Gasteiger partial charge in [-0.3, -0.25) is 24.5 Å². The minimum Gasteiger partial charge on any atom is -0.273 e. The zero-order valence-electron chi connectivity index (χ0n) is 19.0. The van der Waals surface area contributed by atoms with Crippen LogP contribution in [-0.2, 0) is 14.4 Å². The van der Waals surface area contributed by atoms with Gasteiger partial charge < -0.3 is 0 Å². The van der Waals surface area contributed by atoms with Gasteiger partial charge in [0.2, 0.25) is 5.91 Å². The Morgan fingerprint density at radius 3 is 2.35 bits per heavy atom. The SMILES string of the molecule is O=C1[C@@H]2[C@@H](ON(c3cccc([N+](=O)[O-])c3)[C@H]2c2ccc(Cl)cc2Cl)C(=O)N1c1ccc2ccccc2c1. The summed E-state index contributed by atoms with van der Waals surface area (Å²) in [7, 11) is 0. The quantitative estimate of drug-likeness (QED) is 0.178. The van der Waals surface area contributed by atoms with Crippen molar-refractivity contribution in [2.75, 3.05) is 9.96 Å². The fraction of sp³-hybridized carbons (Fsp3) is 0.111. The number of anilines is 2. The average Bonchev–Trinajstić information content (AvgIpc) is 3.39. The lowest BCUT2D eigenvalue weighted by Gasteiger charge is -2.29. The van der Waals surface area contributed by atoms with E-state index in [-0.39, 0.29) is 10.7 Å². The molecule has 2 heterocycles. The van der Waals surface area contributed by atoms with Crippen molar-refractivity contribution < 1.29 is 19.3 Å². The second kappa shape index (κ2) is 8.85. The molecule has 10 heteroatoms. The topological polar surface area (TPSA) is 93.0 Å². The molecule has 0 unspecified atom stereocenters. The molecule has 0 saturated carbocycles. The number of halogens is 2. The summed E-state index contributed by atoms with van der Waals surface area (Å²) < 4.78 is 0. The van der Waals surface area contributed by atoms with E-state index >= 15 is 0 Å². The van der Waals surface area contributed by atoms with Gasteiger partial charge in [0.1, 0.15) is 5.92 Å². The van der Waals surface area contributed by atoms with Crippen LogP contribution in [0.5, 0.6) is 0 Å². The van der Waals surface area contributed by atoms with Gasteiger partial charge in [-0.15, -0.1) is 0 Å². The molecule has 184 valence electrons. The summed E-state index contributed by atoms with van der Waals surface area (Å²) in [6.07, 6.45) is -1.14. The Morgan fingerprint density at radius 1 is 0.811 bits per heavy atom. The number of imide groups is 1. The highest BCUT2D eigenvalue weighted by Crippen LogP contribution is 2.49. The number of hydrogen-bond donors (Lipinski definition) is 0. The lowest BCUT2D eigenvalue weighted by Crippen LogP contribution is -2.37. The molecule has 2 fully saturated rings. The number of hydrogen-bond acceptors (Lipinski definition) is 6. The molecule has 0 aliphatic carbocycles. The summed E-state index contributed by atoms with van der Waals surface area (Å²) in [5.74, 6) is -1.92. The van der Waals surface area contributed by atoms with Crippen molar-refractivity contribution in [3.63, 3.8) is 0 Å². The van der Waals surface area contributed by atoms with E-state index in [9.17, 15) is 19.7 Å². The third kappa shape index (κ3) is 3.81. The lowest BCUT2D eigenvalue weighted by molar-refractivity contribution is -0.384. The first kappa shape index (κ1) is 23.4. The maximum Gasteiger partial charge on any atom is 0.271 e. The maximum absolute atomic E-state index is 13.9. The number of amides is 2. The summed E-state index contributed by atoms with van der Waals surface area (Å²) in [5.41, 5.74) is 1.10. The summed E-state index contributed by atoms with van der Waals surface area (Å²) in [5, 5.41) is 15.3. The van der Waals surface area contributed by atoms with E-state index in [4.69, 9.17) is 28.0 Å². The smallest absolute Gasteiger partial charge is 0.271 e. The van der Waals surface area contributed by atoms with Crippen molar-refractivity contribution in [3.8, 4) is 0 Å². The molecule has 3 atom stereocenters. The number of nitro groups is 1. The number of fused-ring (bicyclic) bond motifs is 2. The fourth-order valence-corrected chi connectivity index (χ4v) is 5.53. The molecular weight excluding hydrogens is 517 g/mol. The van der Waals surface area contributed by atoms with Crippen LogP contribution < -0.4 is 9.96 Å². The number of rotatable bonds is 4. The van der Waals surface area contributed by atoms with Crippen molar-refractivity contribution in [1.82, 2.24) is 0 Å². The van der Waals surface area contributed by atoms with Crippen molar-refractivity contribution in [2.45, 2.75) is 12.1 Å². The second-order valence-corrected chi connectivity index (χ2v) is 9.65. The van der Waals surface area contributed by atoms with E-state index in [1.54, 1.807) is 36.4 Å². The van der Waals surface area contributed by atoms with Gasteiger partial charge in [0.15, 0.2) is 6.10 Å². The number of hydroxylamine groups is 1. The molecule has 6 rings (SSSR count). The van der Waals surface area contributed by atoms with Crippen LogP contribution in [0.2, 0.25) is 10.0 Å². The predicted octanol–water partition coefficient (Wildman–Crippen LogP) is 6.11. The van der Waals surface area contributed by atoms with Crippen LogP contribution in [0.15, 0.2) is 84.9 Å². The highest BCUT2D eigenvalue weighted by Gasteiger charge is 2.60. The number of non-ortho nitro benzene ring substituents is 1. The minimum atomic E-state index is -1.14. The number of benzene rings is 4. The van der Waals surface area contributed by atoms with Crippen molar-refractivity contribution in [3.05, 3.63) is 111 Å². The van der Waals surface area contributed by atoms with Gasteiger partial charge in [-0.05, 0) is 46.7 Å². The zero-order chi connectivity index (χ0) is 25.8. The summed E-state index contributed by atoms with van der Waals surface area (Å²) in [4.78, 5) is 45.6. The molecule has 2 aliphatic rings. The highest BCUT2D eigenvalue weighted by molar-refractivity contribution is 6.35. The number of carbonyl (C=O) groups excluding carboxylic acids is 2. The maximum atomic E-state index is 13.9. The van der Waals surface area contributed by atoms with E-state index in [2.05, 4.69) is 0 Å². The summed E-state index contributed by atoms with van der Waals surface area (Å²) >= 11 is 12.7. The minimum absolute atomic E-state index is 0.158. The molecule has 0 spiro atoms. The Bertz CT molecular complexity index is 1610. The first-order chi connectivity index (χ1) is 17.8. The zero-order valence-corrected chi connectivity index (χ0v) is 20.5. The third-order valence-electron chi connectivity index (χ3n) is 6.68. The highest BCUT2D eigenvalue weighted by atomic mass is 35.5. The molecule has 0 N–H and O–H groups in total. The van der Waals surface area contributed by atoms with Gasteiger partial charge in [-0.2, -0.15) is 0 Å². The normalized spacial score (nSPS) is 21.1. The fourth-order valence-electron chi connectivity index (χ4n) is 5.01. The summed E-state index contributed by atoms with van der Waals surface area (Å²) in [6.45, 7) is 0. The molecule has 2 aliphatic heterocycles. The van der Waals surface area contributed by atoms with Crippen molar-refractivity contribution in [1.29, 1.82) is 0 Å². The van der Waals surface area contributed by atoms with Gasteiger partial charge in [0, 0.05) is 22.2 Å². The monoisotopic (exact) mass is 533 g/mol. The van der Waals surface area contributed by atoms with Crippen LogP contribution in [0.1, 0.15) is 11.6 Å². The molecule has 4 aromatic rings. The lowest BCUT2D eigenvalue weighted by atomic mass is 9.90. The van der Waals surface area contributed by atoms with Gasteiger partial charge in [0.05, 0.1) is 22.3 Å². The van der Waals surface area contributed by atoms with Crippen LogP contribution in [0, 0.1) is 16.0 Å². The van der Waals surface area contributed by atoms with Gasteiger partial charge >= 0.3 is 0 Å². The molecule has 2 saturated heterocycles. The van der Waals surface area contributed by atoms with Crippen LogP contribution >= 0.6 is 23.2 Å². The number of carbonyl (C=O) groups is 2. The predicted molar refractivity (Wildman–Crippen MR) is 140 cm³/mol. The van der Waals surface area contributed by atoms with Gasteiger partial charge in [0.25, 0.3) is 11.6 Å². The average molecular weight is 534 g/mol. The van der Waals surface area contributed by atoms with Gasteiger partial charge in [-0.1, -0.05) is 65.7 Å². The van der Waals surface area contributed by atoms with E-state index in [0.717, 1.165) is 15.7 Å². The molecule has 0 bridgehead atoms. The van der Waals surface area contributed by atoms with Crippen LogP contribution in [0.25, 0.3) is 10.8 Å². The van der Waals surface area contributed by atoms with E-state index in [0.29, 0.717) is 22.0 Å². The summed E-state index contributed by atoms with van der Waals surface area (Å²) in [6, 6.07) is 22.8.